The van der Waals surface area contributed by atoms with E-state index in [1.54, 1.807) is 0 Å². The van der Waals surface area contributed by atoms with Crippen LogP contribution in [0, 0.1) is 18.8 Å². The second kappa shape index (κ2) is 10.5. The largest absolute Gasteiger partial charge is 0.371 e. The van der Waals surface area contributed by atoms with Crippen molar-refractivity contribution in [3.63, 3.8) is 0 Å². The predicted molar refractivity (Wildman–Crippen MR) is 133 cm³/mol. The summed E-state index contributed by atoms with van der Waals surface area (Å²) in [4.78, 5) is 17.9. The number of carbonyl (C=O) groups is 1. The molecule has 0 bridgehead atoms. The Hall–Kier alpha value is -2.33. The van der Waals surface area contributed by atoms with Gasteiger partial charge in [-0.2, -0.15) is 0 Å². The summed E-state index contributed by atoms with van der Waals surface area (Å²) in [7, 11) is 0. The summed E-state index contributed by atoms with van der Waals surface area (Å²) in [6.45, 7) is 11.8. The van der Waals surface area contributed by atoms with Crippen LogP contribution in [0.3, 0.4) is 0 Å². The average molecular weight is 434 g/mol. The van der Waals surface area contributed by atoms with Gasteiger partial charge in [-0.25, -0.2) is 0 Å². The fraction of sp³-hybridized carbons (Fsp3) is 0.536. The molecule has 2 aromatic rings. The molecule has 0 radical (unpaired) electrons. The Balaban J connectivity index is 1.25. The topological polar surface area (TPSA) is 35.6 Å². The number of nitrogens with one attached hydrogen (secondary N) is 1. The van der Waals surface area contributed by atoms with Crippen LogP contribution >= 0.6 is 0 Å². The molecule has 0 aliphatic carbocycles. The van der Waals surface area contributed by atoms with Crippen LogP contribution in [0.2, 0.25) is 0 Å². The van der Waals surface area contributed by atoms with Crippen LogP contribution in [0.4, 0.5) is 5.69 Å². The number of hydrogen-bond acceptors (Lipinski definition) is 3. The third-order valence-electron chi connectivity index (χ3n) is 7.22. The molecule has 0 aromatic heterocycles. The van der Waals surface area contributed by atoms with E-state index < -0.39 is 0 Å². The van der Waals surface area contributed by atoms with Gasteiger partial charge in [-0.1, -0.05) is 48.9 Å². The van der Waals surface area contributed by atoms with Gasteiger partial charge in [-0.15, -0.1) is 0 Å². The Morgan fingerprint density at radius 3 is 2.50 bits per heavy atom. The number of rotatable bonds is 6. The van der Waals surface area contributed by atoms with Crippen LogP contribution in [0.5, 0.6) is 0 Å². The minimum atomic E-state index is 0.0437. The molecule has 0 spiro atoms. The SMILES string of the molecule is Cc1cccc(CN2CCC(C(=O)N[C@@H](C)c3ccc(N4CCC[C@H](C)C4)cc3)CC2)c1. The molecule has 0 saturated carbocycles. The minimum absolute atomic E-state index is 0.0437. The fourth-order valence-corrected chi connectivity index (χ4v) is 5.23. The first kappa shape index (κ1) is 22.8. The molecule has 1 N–H and O–H groups in total. The van der Waals surface area contributed by atoms with Crippen LogP contribution < -0.4 is 10.2 Å². The smallest absolute Gasteiger partial charge is 0.223 e. The van der Waals surface area contributed by atoms with Gasteiger partial charge >= 0.3 is 0 Å². The third kappa shape index (κ3) is 5.92. The molecule has 2 atom stereocenters. The van der Waals surface area contributed by atoms with Crippen molar-refractivity contribution in [1.82, 2.24) is 10.2 Å². The Bertz CT molecular complexity index is 886. The molecule has 2 saturated heterocycles. The van der Waals surface area contributed by atoms with Gasteiger partial charge in [0.25, 0.3) is 0 Å². The zero-order valence-corrected chi connectivity index (χ0v) is 20.0. The number of anilines is 1. The summed E-state index contributed by atoms with van der Waals surface area (Å²) in [5, 5.41) is 3.27. The fourth-order valence-electron chi connectivity index (χ4n) is 5.23. The highest BCUT2D eigenvalue weighted by molar-refractivity contribution is 5.79. The van der Waals surface area contributed by atoms with E-state index in [2.05, 4.69) is 84.4 Å². The molecule has 32 heavy (non-hydrogen) atoms. The van der Waals surface area contributed by atoms with Crippen LogP contribution in [0.25, 0.3) is 0 Å². The number of likely N-dealkylation sites (tertiary alicyclic amines) is 1. The van der Waals surface area contributed by atoms with E-state index in [-0.39, 0.29) is 17.9 Å². The van der Waals surface area contributed by atoms with Crippen molar-refractivity contribution >= 4 is 11.6 Å². The number of carbonyl (C=O) groups excluding carboxylic acids is 1. The monoisotopic (exact) mass is 433 g/mol. The molecule has 2 aliphatic rings. The van der Waals surface area contributed by atoms with Gasteiger partial charge in [0.1, 0.15) is 0 Å². The summed E-state index contributed by atoms with van der Waals surface area (Å²) in [5.74, 6) is 1.10. The van der Waals surface area contributed by atoms with Gasteiger partial charge in [0.05, 0.1) is 6.04 Å². The van der Waals surface area contributed by atoms with Crippen molar-refractivity contribution in [2.24, 2.45) is 11.8 Å². The van der Waals surface area contributed by atoms with Gasteiger partial charge in [0.15, 0.2) is 0 Å². The summed E-state index contributed by atoms with van der Waals surface area (Å²) in [6, 6.07) is 17.6. The normalized spacial score (nSPS) is 21.3. The zero-order valence-electron chi connectivity index (χ0n) is 20.0. The van der Waals surface area contributed by atoms with E-state index in [1.807, 2.05) is 0 Å². The Kier molecular flexibility index (Phi) is 7.51. The van der Waals surface area contributed by atoms with Gasteiger partial charge in [0, 0.05) is 31.2 Å². The minimum Gasteiger partial charge on any atom is -0.371 e. The van der Waals surface area contributed by atoms with Crippen LogP contribution in [-0.2, 0) is 11.3 Å². The van der Waals surface area contributed by atoms with Crippen molar-refractivity contribution in [3.05, 3.63) is 65.2 Å². The summed E-state index contributed by atoms with van der Waals surface area (Å²) >= 11 is 0. The highest BCUT2D eigenvalue weighted by Gasteiger charge is 2.26. The number of amides is 1. The van der Waals surface area contributed by atoms with E-state index in [4.69, 9.17) is 0 Å². The summed E-state index contributed by atoms with van der Waals surface area (Å²) in [5.41, 5.74) is 5.16. The van der Waals surface area contributed by atoms with Gasteiger partial charge in [-0.3, -0.25) is 9.69 Å². The van der Waals surface area contributed by atoms with Gasteiger partial charge < -0.3 is 10.2 Å². The van der Waals surface area contributed by atoms with E-state index in [1.165, 1.54) is 35.2 Å². The summed E-state index contributed by atoms with van der Waals surface area (Å²) < 4.78 is 0. The van der Waals surface area contributed by atoms with E-state index >= 15 is 0 Å². The van der Waals surface area contributed by atoms with Crippen molar-refractivity contribution in [3.8, 4) is 0 Å². The number of nitrogens with zero attached hydrogens (tertiary/aromatic N) is 2. The second-order valence-corrected chi connectivity index (χ2v) is 10.1. The Morgan fingerprint density at radius 2 is 1.81 bits per heavy atom. The highest BCUT2D eigenvalue weighted by Crippen LogP contribution is 2.25. The lowest BCUT2D eigenvalue weighted by molar-refractivity contribution is -0.127. The lowest BCUT2D eigenvalue weighted by Gasteiger charge is -2.33. The van der Waals surface area contributed by atoms with Crippen molar-refractivity contribution in [1.29, 1.82) is 0 Å². The molecule has 2 aromatic carbocycles. The maximum Gasteiger partial charge on any atom is 0.223 e. The molecule has 2 heterocycles. The van der Waals surface area contributed by atoms with Crippen molar-refractivity contribution in [2.75, 3.05) is 31.1 Å². The third-order valence-corrected chi connectivity index (χ3v) is 7.22. The summed E-state index contributed by atoms with van der Waals surface area (Å²) in [6.07, 6.45) is 4.49. The molecular weight excluding hydrogens is 394 g/mol. The maximum atomic E-state index is 12.9. The van der Waals surface area contributed by atoms with E-state index in [0.717, 1.165) is 51.5 Å². The quantitative estimate of drug-likeness (QED) is 0.670. The van der Waals surface area contributed by atoms with Crippen LogP contribution in [-0.4, -0.2) is 37.0 Å². The molecule has 0 unspecified atom stereocenters. The molecule has 4 nitrogen and oxygen atoms in total. The molecule has 2 aliphatic heterocycles. The highest BCUT2D eigenvalue weighted by atomic mass is 16.1. The predicted octanol–water partition coefficient (Wildman–Crippen LogP) is 5.32. The van der Waals surface area contributed by atoms with Crippen LogP contribution in [0.1, 0.15) is 62.3 Å². The van der Waals surface area contributed by atoms with Crippen molar-refractivity contribution in [2.45, 2.75) is 59.0 Å². The Labute approximate surface area is 194 Å². The van der Waals surface area contributed by atoms with E-state index in [9.17, 15) is 4.79 Å². The first-order chi connectivity index (χ1) is 15.5. The number of hydrogen-bond donors (Lipinski definition) is 1. The van der Waals surface area contributed by atoms with E-state index in [0.29, 0.717) is 0 Å². The van der Waals surface area contributed by atoms with Gasteiger partial charge in [0.2, 0.25) is 5.91 Å². The standard InChI is InChI=1S/C28H39N3O/c1-21-6-4-8-24(18-21)20-30-16-13-26(14-17-30)28(32)29-23(3)25-9-11-27(12-10-25)31-15-5-7-22(2)19-31/h4,6,8-12,18,22-23,26H,5,7,13-17,19-20H2,1-3H3,(H,29,32)/t22-,23-/m0/s1. The van der Waals surface area contributed by atoms with Crippen molar-refractivity contribution < 1.29 is 4.79 Å². The zero-order chi connectivity index (χ0) is 22.5. The molecule has 172 valence electrons. The number of piperidine rings is 2. The van der Waals surface area contributed by atoms with Gasteiger partial charge in [-0.05, 0) is 81.8 Å². The molecule has 4 heteroatoms. The Morgan fingerprint density at radius 1 is 1.06 bits per heavy atom. The second-order valence-electron chi connectivity index (χ2n) is 10.1. The lowest BCUT2D eigenvalue weighted by Crippen LogP contribution is -2.40. The number of benzene rings is 2. The molecule has 1 amide bonds. The van der Waals surface area contributed by atoms with Crippen LogP contribution in [0.15, 0.2) is 48.5 Å². The number of aryl methyl sites for hydroxylation is 1. The first-order valence-electron chi connectivity index (χ1n) is 12.4. The molecular formula is C28H39N3O. The molecule has 4 rings (SSSR count). The first-order valence-corrected chi connectivity index (χ1v) is 12.4. The maximum absolute atomic E-state index is 12.9. The molecule has 2 fully saturated rings. The average Bonchev–Trinajstić information content (AvgIpc) is 2.79. The lowest BCUT2D eigenvalue weighted by atomic mass is 9.94.